The Morgan fingerprint density at radius 2 is 1.64 bits per heavy atom. The highest BCUT2D eigenvalue weighted by molar-refractivity contribution is 14.1. The Hall–Kier alpha value is 0.650. The second kappa shape index (κ2) is 7.97. The Labute approximate surface area is 186 Å². The fourth-order valence-corrected chi connectivity index (χ4v) is 10.3. The summed E-state index contributed by atoms with van der Waals surface area (Å²) in [7, 11) is 0. The molecule has 0 radical (unpaired) electrons. The maximum atomic E-state index is 11.7. The highest BCUT2D eigenvalue weighted by atomic mass is 127. The molecule has 0 aromatic heterocycles. The molecular weight excluding hydrogens is 459 g/mol. The molecular formula is C25H43IO2. The van der Waals surface area contributed by atoms with Crippen molar-refractivity contribution in [2.24, 2.45) is 52.3 Å². The summed E-state index contributed by atoms with van der Waals surface area (Å²) < 4.78 is 1.27. The molecule has 4 saturated carbocycles. The van der Waals surface area contributed by atoms with Crippen molar-refractivity contribution < 1.29 is 10.2 Å². The molecule has 0 spiro atoms. The van der Waals surface area contributed by atoms with Crippen LogP contribution in [-0.4, -0.2) is 26.8 Å². The number of aliphatic hydroxyl groups is 2. The van der Waals surface area contributed by atoms with Gasteiger partial charge < -0.3 is 10.2 Å². The Morgan fingerprint density at radius 3 is 2.32 bits per heavy atom. The largest absolute Gasteiger partial charge is 0.393 e. The summed E-state index contributed by atoms with van der Waals surface area (Å²) in [6.07, 6.45) is 10.6. The summed E-state index contributed by atoms with van der Waals surface area (Å²) in [6, 6.07) is 0. The van der Waals surface area contributed by atoms with Crippen LogP contribution in [0, 0.1) is 52.3 Å². The fourth-order valence-electron chi connectivity index (χ4n) is 9.31. The summed E-state index contributed by atoms with van der Waals surface area (Å²) in [5.41, 5.74) is 0.764. The van der Waals surface area contributed by atoms with Crippen molar-refractivity contribution in [2.75, 3.05) is 4.43 Å². The van der Waals surface area contributed by atoms with E-state index in [0.29, 0.717) is 40.4 Å². The van der Waals surface area contributed by atoms with Crippen molar-refractivity contribution in [3.8, 4) is 0 Å². The third kappa shape index (κ3) is 3.15. The van der Waals surface area contributed by atoms with Crippen molar-refractivity contribution in [2.45, 2.75) is 97.7 Å². The van der Waals surface area contributed by atoms with Gasteiger partial charge in [0.25, 0.3) is 0 Å². The molecule has 4 rings (SSSR count). The summed E-state index contributed by atoms with van der Waals surface area (Å²) in [6.45, 7) is 9.91. The molecule has 0 bridgehead atoms. The quantitative estimate of drug-likeness (QED) is 0.362. The van der Waals surface area contributed by atoms with Gasteiger partial charge in [-0.25, -0.2) is 0 Å². The minimum atomic E-state index is -0.151. The van der Waals surface area contributed by atoms with E-state index in [1.54, 1.807) is 0 Å². The normalized spacial score (nSPS) is 54.5. The van der Waals surface area contributed by atoms with Crippen LogP contribution in [0.1, 0.15) is 85.5 Å². The van der Waals surface area contributed by atoms with E-state index >= 15 is 0 Å². The van der Waals surface area contributed by atoms with Gasteiger partial charge in [-0.1, -0.05) is 56.7 Å². The number of aliphatic hydroxyl groups excluding tert-OH is 2. The first-order valence-electron chi connectivity index (χ1n) is 12.2. The molecule has 0 aromatic rings. The van der Waals surface area contributed by atoms with Crippen LogP contribution in [-0.2, 0) is 0 Å². The molecule has 0 aromatic carbocycles. The summed E-state index contributed by atoms with van der Waals surface area (Å²) in [5, 5.41) is 22.1. The minimum absolute atomic E-state index is 0.144. The van der Waals surface area contributed by atoms with Crippen LogP contribution in [0.4, 0.5) is 0 Å². The first-order chi connectivity index (χ1) is 13.3. The van der Waals surface area contributed by atoms with Gasteiger partial charge in [0.05, 0.1) is 12.2 Å². The molecule has 11 atom stereocenters. The van der Waals surface area contributed by atoms with Crippen LogP contribution in [0.5, 0.6) is 0 Å². The number of halogens is 1. The third-order valence-electron chi connectivity index (χ3n) is 10.7. The predicted octanol–water partition coefficient (Wildman–Crippen LogP) is 6.07. The Morgan fingerprint density at radius 1 is 0.964 bits per heavy atom. The molecule has 3 heteroatoms. The van der Waals surface area contributed by atoms with Crippen LogP contribution in [0.2, 0.25) is 0 Å². The molecule has 28 heavy (non-hydrogen) atoms. The number of alkyl halides is 1. The SMILES string of the molecule is CC[C@H]1C(O)C2C3CC[C@H]([C@H](C)CCI)[C@@]3(C)CCC2[C@@]2(C)CC[C@@H](O)C[C@@H]12. The van der Waals surface area contributed by atoms with E-state index in [2.05, 4.69) is 50.3 Å². The number of hydrogen-bond acceptors (Lipinski definition) is 2. The first-order valence-corrected chi connectivity index (χ1v) is 13.7. The lowest BCUT2D eigenvalue weighted by Gasteiger charge is -2.64. The lowest BCUT2D eigenvalue weighted by atomic mass is 9.41. The molecule has 0 aliphatic heterocycles. The van der Waals surface area contributed by atoms with Gasteiger partial charge in [0, 0.05) is 0 Å². The van der Waals surface area contributed by atoms with Crippen molar-refractivity contribution >= 4 is 22.6 Å². The van der Waals surface area contributed by atoms with Gasteiger partial charge in [-0.3, -0.25) is 0 Å². The van der Waals surface area contributed by atoms with Crippen LogP contribution in [0.25, 0.3) is 0 Å². The second-order valence-electron chi connectivity index (χ2n) is 11.6. The van der Waals surface area contributed by atoms with Crippen molar-refractivity contribution in [3.05, 3.63) is 0 Å². The van der Waals surface area contributed by atoms with Crippen LogP contribution in [0.15, 0.2) is 0 Å². The van der Waals surface area contributed by atoms with Gasteiger partial charge in [-0.15, -0.1) is 0 Å². The molecule has 4 fully saturated rings. The van der Waals surface area contributed by atoms with Crippen molar-refractivity contribution in [3.63, 3.8) is 0 Å². The van der Waals surface area contributed by atoms with Gasteiger partial charge in [-0.2, -0.15) is 0 Å². The van der Waals surface area contributed by atoms with E-state index in [1.807, 2.05) is 0 Å². The number of rotatable bonds is 4. The molecule has 162 valence electrons. The van der Waals surface area contributed by atoms with Crippen molar-refractivity contribution in [1.82, 2.24) is 0 Å². The van der Waals surface area contributed by atoms with Crippen LogP contribution >= 0.6 is 22.6 Å². The van der Waals surface area contributed by atoms with E-state index in [9.17, 15) is 10.2 Å². The van der Waals surface area contributed by atoms with E-state index in [-0.39, 0.29) is 12.2 Å². The van der Waals surface area contributed by atoms with Gasteiger partial charge in [0.1, 0.15) is 0 Å². The smallest absolute Gasteiger partial charge is 0.0605 e. The van der Waals surface area contributed by atoms with Crippen LogP contribution < -0.4 is 0 Å². The van der Waals surface area contributed by atoms with E-state index in [0.717, 1.165) is 31.1 Å². The highest BCUT2D eigenvalue weighted by Gasteiger charge is 2.64. The highest BCUT2D eigenvalue weighted by Crippen LogP contribution is 2.69. The minimum Gasteiger partial charge on any atom is -0.393 e. The third-order valence-corrected chi connectivity index (χ3v) is 11.3. The zero-order valence-electron chi connectivity index (χ0n) is 18.5. The summed E-state index contributed by atoms with van der Waals surface area (Å²) in [4.78, 5) is 0. The molecule has 2 N–H and O–H groups in total. The molecule has 0 amide bonds. The van der Waals surface area contributed by atoms with E-state index in [4.69, 9.17) is 0 Å². The Kier molecular flexibility index (Phi) is 6.22. The lowest BCUT2D eigenvalue weighted by Crippen LogP contribution is -2.62. The molecule has 4 aliphatic carbocycles. The van der Waals surface area contributed by atoms with E-state index in [1.165, 1.54) is 43.0 Å². The molecule has 2 nitrogen and oxygen atoms in total. The first kappa shape index (κ1) is 21.9. The maximum Gasteiger partial charge on any atom is 0.0605 e. The molecule has 4 aliphatic rings. The van der Waals surface area contributed by atoms with Crippen molar-refractivity contribution in [1.29, 1.82) is 0 Å². The Balaban J connectivity index is 1.67. The average Bonchev–Trinajstić information content (AvgIpc) is 3.01. The summed E-state index contributed by atoms with van der Waals surface area (Å²) in [5.74, 6) is 4.43. The number of hydrogen-bond donors (Lipinski definition) is 2. The summed E-state index contributed by atoms with van der Waals surface area (Å²) >= 11 is 2.55. The molecule has 0 heterocycles. The standard InChI is InChI=1S/C25H43IO2/c1-5-17-21-14-16(27)8-11-25(21,4)20-9-12-24(3)18(15(2)10-13-26)6-7-19(24)22(20)23(17)28/h15-23,27-28H,5-14H2,1-4H3/t15-,16-,17-,18-,19?,20?,21+,22?,23?,24-,25-/m1/s1. The zero-order valence-corrected chi connectivity index (χ0v) is 20.7. The molecule has 0 saturated heterocycles. The Bertz CT molecular complexity index is 567. The topological polar surface area (TPSA) is 40.5 Å². The second-order valence-corrected chi connectivity index (χ2v) is 12.7. The van der Waals surface area contributed by atoms with E-state index < -0.39 is 0 Å². The average molecular weight is 503 g/mol. The lowest BCUT2D eigenvalue weighted by molar-refractivity contribution is -0.203. The van der Waals surface area contributed by atoms with Gasteiger partial charge in [0.2, 0.25) is 0 Å². The van der Waals surface area contributed by atoms with Gasteiger partial charge in [0.15, 0.2) is 0 Å². The molecule has 4 unspecified atom stereocenters. The maximum absolute atomic E-state index is 11.7. The fraction of sp³-hybridized carbons (Fsp3) is 1.00. The monoisotopic (exact) mass is 502 g/mol. The number of fused-ring (bicyclic) bond motifs is 5. The van der Waals surface area contributed by atoms with Crippen LogP contribution in [0.3, 0.4) is 0 Å². The van der Waals surface area contributed by atoms with Gasteiger partial charge in [-0.05, 0) is 108 Å². The predicted molar refractivity (Wildman–Crippen MR) is 124 cm³/mol. The van der Waals surface area contributed by atoms with Gasteiger partial charge >= 0.3 is 0 Å². The zero-order chi connectivity index (χ0) is 20.3.